The van der Waals surface area contributed by atoms with Crippen LogP contribution in [0.25, 0.3) is 0 Å². The van der Waals surface area contributed by atoms with E-state index in [-0.39, 0.29) is 18.2 Å². The maximum Gasteiger partial charge on any atom is 0.119 e. The lowest BCUT2D eigenvalue weighted by Crippen LogP contribution is -2.23. The van der Waals surface area contributed by atoms with Crippen molar-refractivity contribution in [1.82, 2.24) is 5.32 Å². The predicted molar refractivity (Wildman–Crippen MR) is 79.5 cm³/mol. The normalized spacial score (nSPS) is 14.4. The molecule has 0 fully saturated rings. The highest BCUT2D eigenvalue weighted by Crippen LogP contribution is 2.18. The van der Waals surface area contributed by atoms with E-state index in [1.165, 1.54) is 5.56 Å². The number of aliphatic hydroxyl groups excluding tert-OH is 1. The minimum atomic E-state index is -0.193. The van der Waals surface area contributed by atoms with Crippen molar-refractivity contribution < 1.29 is 9.84 Å². The van der Waals surface area contributed by atoms with E-state index in [4.69, 9.17) is 4.74 Å². The smallest absolute Gasteiger partial charge is 0.119 e. The van der Waals surface area contributed by atoms with Gasteiger partial charge in [0.05, 0.1) is 12.2 Å². The van der Waals surface area contributed by atoms with Crippen LogP contribution in [0.4, 0.5) is 0 Å². The first kappa shape index (κ1) is 16.0. The highest BCUT2D eigenvalue weighted by atomic mass is 16.5. The summed E-state index contributed by atoms with van der Waals surface area (Å²) in [5.41, 5.74) is 1.24. The van der Waals surface area contributed by atoms with Gasteiger partial charge in [0.2, 0.25) is 0 Å². The molecule has 108 valence electrons. The van der Waals surface area contributed by atoms with Gasteiger partial charge in [0.25, 0.3) is 0 Å². The van der Waals surface area contributed by atoms with Crippen LogP contribution in [0.5, 0.6) is 5.75 Å². The summed E-state index contributed by atoms with van der Waals surface area (Å²) in [7, 11) is 0. The molecule has 0 saturated heterocycles. The molecule has 0 aliphatic rings. The zero-order valence-electron chi connectivity index (χ0n) is 12.5. The highest BCUT2D eigenvalue weighted by Gasteiger charge is 2.06. The second-order valence-electron chi connectivity index (χ2n) is 5.26. The molecule has 19 heavy (non-hydrogen) atoms. The molecule has 2 atom stereocenters. The summed E-state index contributed by atoms with van der Waals surface area (Å²) < 4.78 is 5.62. The molecule has 0 aromatic heterocycles. The third-order valence-electron chi connectivity index (χ3n) is 3.15. The van der Waals surface area contributed by atoms with Gasteiger partial charge in [0.1, 0.15) is 5.75 Å². The predicted octanol–water partition coefficient (Wildman–Crippen LogP) is 3.29. The monoisotopic (exact) mass is 265 g/mol. The van der Waals surface area contributed by atoms with Gasteiger partial charge in [0, 0.05) is 6.04 Å². The average molecular weight is 265 g/mol. The van der Waals surface area contributed by atoms with Crippen LogP contribution in [0.15, 0.2) is 24.3 Å². The van der Waals surface area contributed by atoms with E-state index in [9.17, 15) is 5.11 Å². The lowest BCUT2D eigenvalue weighted by Gasteiger charge is -2.16. The fourth-order valence-electron chi connectivity index (χ4n) is 1.90. The SMILES string of the molecule is CCC(O)CCNC(C)c1ccc(OC(C)C)cc1. The molecule has 0 spiro atoms. The Morgan fingerprint density at radius 1 is 1.16 bits per heavy atom. The number of hydrogen-bond donors (Lipinski definition) is 2. The van der Waals surface area contributed by atoms with Gasteiger partial charge in [0.15, 0.2) is 0 Å². The lowest BCUT2D eigenvalue weighted by atomic mass is 10.1. The van der Waals surface area contributed by atoms with E-state index in [1.807, 2.05) is 32.9 Å². The van der Waals surface area contributed by atoms with Gasteiger partial charge in [-0.25, -0.2) is 0 Å². The van der Waals surface area contributed by atoms with Gasteiger partial charge in [-0.15, -0.1) is 0 Å². The fraction of sp³-hybridized carbons (Fsp3) is 0.625. The van der Waals surface area contributed by atoms with Crippen molar-refractivity contribution in [2.45, 2.75) is 58.8 Å². The summed E-state index contributed by atoms with van der Waals surface area (Å²) in [6, 6.07) is 8.48. The van der Waals surface area contributed by atoms with Crippen molar-refractivity contribution in [1.29, 1.82) is 0 Å². The lowest BCUT2D eigenvalue weighted by molar-refractivity contribution is 0.159. The second kappa shape index (κ2) is 8.18. The van der Waals surface area contributed by atoms with Crippen molar-refractivity contribution in [3.05, 3.63) is 29.8 Å². The molecule has 2 N–H and O–H groups in total. The summed E-state index contributed by atoms with van der Waals surface area (Å²) in [5, 5.41) is 12.9. The van der Waals surface area contributed by atoms with Crippen LogP contribution in [0, 0.1) is 0 Å². The molecule has 0 saturated carbocycles. The third kappa shape index (κ3) is 6.08. The standard InChI is InChI=1S/C16H27NO2/c1-5-15(18)10-11-17-13(4)14-6-8-16(9-7-14)19-12(2)3/h6-9,12-13,15,17-18H,5,10-11H2,1-4H3. The average Bonchev–Trinajstić information content (AvgIpc) is 2.38. The Hall–Kier alpha value is -1.06. The van der Waals surface area contributed by atoms with Crippen molar-refractivity contribution >= 4 is 0 Å². The number of aliphatic hydroxyl groups is 1. The number of rotatable bonds is 8. The van der Waals surface area contributed by atoms with Gasteiger partial charge in [-0.1, -0.05) is 19.1 Å². The molecule has 0 radical (unpaired) electrons. The van der Waals surface area contributed by atoms with E-state index in [0.29, 0.717) is 0 Å². The molecule has 1 aromatic rings. The Labute approximate surface area is 117 Å². The van der Waals surface area contributed by atoms with Gasteiger partial charge in [-0.05, 0) is 57.9 Å². The van der Waals surface area contributed by atoms with E-state index in [0.717, 1.165) is 25.1 Å². The van der Waals surface area contributed by atoms with Crippen LogP contribution in [-0.4, -0.2) is 23.9 Å². The van der Waals surface area contributed by atoms with Crippen molar-refractivity contribution in [3.8, 4) is 5.75 Å². The maximum absolute atomic E-state index is 9.51. The van der Waals surface area contributed by atoms with Gasteiger partial charge >= 0.3 is 0 Å². The zero-order chi connectivity index (χ0) is 14.3. The quantitative estimate of drug-likeness (QED) is 0.758. The van der Waals surface area contributed by atoms with Crippen LogP contribution in [0.2, 0.25) is 0 Å². The summed E-state index contributed by atoms with van der Waals surface area (Å²) >= 11 is 0. The summed E-state index contributed by atoms with van der Waals surface area (Å²) in [6.07, 6.45) is 1.63. The van der Waals surface area contributed by atoms with E-state index in [2.05, 4.69) is 24.4 Å². The van der Waals surface area contributed by atoms with Crippen LogP contribution in [0.1, 0.15) is 52.1 Å². The van der Waals surface area contributed by atoms with Crippen LogP contribution in [-0.2, 0) is 0 Å². The number of benzene rings is 1. The first-order chi connectivity index (χ1) is 9.02. The third-order valence-corrected chi connectivity index (χ3v) is 3.15. The molecule has 0 heterocycles. The van der Waals surface area contributed by atoms with Crippen molar-refractivity contribution in [2.24, 2.45) is 0 Å². The Morgan fingerprint density at radius 2 is 1.79 bits per heavy atom. The van der Waals surface area contributed by atoms with Crippen LogP contribution in [0.3, 0.4) is 0 Å². The summed E-state index contributed by atoms with van der Waals surface area (Å²) in [4.78, 5) is 0. The molecule has 3 heteroatoms. The van der Waals surface area contributed by atoms with Crippen LogP contribution >= 0.6 is 0 Å². The van der Waals surface area contributed by atoms with Gasteiger partial charge in [-0.3, -0.25) is 0 Å². The molecular weight excluding hydrogens is 238 g/mol. The summed E-state index contributed by atoms with van der Waals surface area (Å²) in [6.45, 7) is 9.02. The van der Waals surface area contributed by atoms with E-state index >= 15 is 0 Å². The van der Waals surface area contributed by atoms with E-state index < -0.39 is 0 Å². The number of ether oxygens (including phenoxy) is 1. The molecule has 0 bridgehead atoms. The molecule has 0 amide bonds. The second-order valence-corrected chi connectivity index (χ2v) is 5.26. The van der Waals surface area contributed by atoms with Crippen molar-refractivity contribution in [2.75, 3.05) is 6.54 Å². The van der Waals surface area contributed by atoms with Gasteiger partial charge < -0.3 is 15.2 Å². The van der Waals surface area contributed by atoms with Crippen LogP contribution < -0.4 is 10.1 Å². The van der Waals surface area contributed by atoms with E-state index in [1.54, 1.807) is 0 Å². The molecule has 2 unspecified atom stereocenters. The molecular formula is C16H27NO2. The minimum absolute atomic E-state index is 0.193. The summed E-state index contributed by atoms with van der Waals surface area (Å²) in [5.74, 6) is 0.910. The fourth-order valence-corrected chi connectivity index (χ4v) is 1.90. The first-order valence-corrected chi connectivity index (χ1v) is 7.21. The minimum Gasteiger partial charge on any atom is -0.491 e. The molecule has 0 aliphatic heterocycles. The topological polar surface area (TPSA) is 41.5 Å². The maximum atomic E-state index is 9.51. The molecule has 3 nitrogen and oxygen atoms in total. The zero-order valence-corrected chi connectivity index (χ0v) is 12.5. The highest BCUT2D eigenvalue weighted by molar-refractivity contribution is 5.29. The Bertz CT molecular complexity index is 348. The number of hydrogen-bond acceptors (Lipinski definition) is 3. The Kier molecular flexibility index (Phi) is 6.89. The largest absolute Gasteiger partial charge is 0.491 e. The van der Waals surface area contributed by atoms with Gasteiger partial charge in [-0.2, -0.15) is 0 Å². The number of nitrogens with one attached hydrogen (secondary N) is 1. The molecule has 1 aromatic carbocycles. The first-order valence-electron chi connectivity index (χ1n) is 7.21. The Morgan fingerprint density at radius 3 is 2.32 bits per heavy atom. The molecule has 1 rings (SSSR count). The molecule has 0 aliphatic carbocycles. The van der Waals surface area contributed by atoms with Crippen molar-refractivity contribution in [3.63, 3.8) is 0 Å². The Balaban J connectivity index is 2.42.